The van der Waals surface area contributed by atoms with Crippen LogP contribution in [0.3, 0.4) is 0 Å². The number of halogens is 2. The van der Waals surface area contributed by atoms with E-state index in [4.69, 9.17) is 5.73 Å². The molecule has 1 aliphatic heterocycles. The Morgan fingerprint density at radius 3 is 2.59 bits per heavy atom. The SMILES string of the molecule is NCC1CCCN1Cc1ccc(C(F)F)cc1. The quantitative estimate of drug-likeness (QED) is 0.876. The summed E-state index contributed by atoms with van der Waals surface area (Å²) in [6.07, 6.45) is -0.0598. The predicted octanol–water partition coefficient (Wildman–Crippen LogP) is 2.55. The molecule has 1 aromatic carbocycles. The lowest BCUT2D eigenvalue weighted by atomic mass is 10.1. The van der Waals surface area contributed by atoms with Crippen LogP contribution in [0.5, 0.6) is 0 Å². The molecule has 1 aliphatic rings. The zero-order valence-electron chi connectivity index (χ0n) is 9.78. The summed E-state index contributed by atoms with van der Waals surface area (Å²) in [5.41, 5.74) is 6.87. The second-order valence-electron chi connectivity index (χ2n) is 4.54. The van der Waals surface area contributed by atoms with E-state index in [-0.39, 0.29) is 5.56 Å². The Balaban J connectivity index is 1.99. The predicted molar refractivity (Wildman–Crippen MR) is 63.9 cm³/mol. The van der Waals surface area contributed by atoms with E-state index in [9.17, 15) is 8.78 Å². The molecule has 0 saturated carbocycles. The lowest BCUT2D eigenvalue weighted by molar-refractivity contribution is 0.151. The van der Waals surface area contributed by atoms with Crippen molar-refractivity contribution in [3.05, 3.63) is 35.4 Å². The van der Waals surface area contributed by atoms with Crippen LogP contribution < -0.4 is 5.73 Å². The van der Waals surface area contributed by atoms with E-state index in [2.05, 4.69) is 4.90 Å². The van der Waals surface area contributed by atoms with Gasteiger partial charge in [-0.15, -0.1) is 0 Å². The maximum atomic E-state index is 12.4. The van der Waals surface area contributed by atoms with E-state index >= 15 is 0 Å². The minimum absolute atomic E-state index is 0.0885. The highest BCUT2D eigenvalue weighted by Gasteiger charge is 2.22. The molecule has 0 aromatic heterocycles. The zero-order chi connectivity index (χ0) is 12.3. The van der Waals surface area contributed by atoms with Crippen molar-refractivity contribution in [2.75, 3.05) is 13.1 Å². The van der Waals surface area contributed by atoms with Crippen LogP contribution in [0.2, 0.25) is 0 Å². The van der Waals surface area contributed by atoms with E-state index in [1.807, 2.05) is 0 Å². The Hall–Kier alpha value is -1.00. The molecule has 0 radical (unpaired) electrons. The van der Waals surface area contributed by atoms with Crippen LogP contribution in [-0.2, 0) is 6.54 Å². The molecule has 2 N–H and O–H groups in total. The highest BCUT2D eigenvalue weighted by molar-refractivity contribution is 5.23. The van der Waals surface area contributed by atoms with E-state index in [0.717, 1.165) is 25.1 Å². The average Bonchev–Trinajstić information content (AvgIpc) is 2.77. The van der Waals surface area contributed by atoms with E-state index in [0.29, 0.717) is 12.6 Å². The topological polar surface area (TPSA) is 29.3 Å². The molecule has 1 atom stereocenters. The monoisotopic (exact) mass is 240 g/mol. The summed E-state index contributed by atoms with van der Waals surface area (Å²) in [7, 11) is 0. The van der Waals surface area contributed by atoms with Gasteiger partial charge in [-0.3, -0.25) is 4.90 Å². The number of hydrogen-bond acceptors (Lipinski definition) is 2. The molecule has 0 aliphatic carbocycles. The number of alkyl halides is 2. The first-order chi connectivity index (χ1) is 8.20. The molecule has 0 bridgehead atoms. The van der Waals surface area contributed by atoms with Gasteiger partial charge in [0, 0.05) is 24.7 Å². The summed E-state index contributed by atoms with van der Waals surface area (Å²) in [6, 6.07) is 7.03. The molecule has 1 heterocycles. The van der Waals surface area contributed by atoms with Gasteiger partial charge in [-0.25, -0.2) is 8.78 Å². The first-order valence-electron chi connectivity index (χ1n) is 6.02. The summed E-state index contributed by atoms with van der Waals surface area (Å²) in [5, 5.41) is 0. The minimum Gasteiger partial charge on any atom is -0.329 e. The van der Waals surface area contributed by atoms with Crippen LogP contribution in [0.1, 0.15) is 30.4 Å². The van der Waals surface area contributed by atoms with Crippen LogP contribution in [-0.4, -0.2) is 24.0 Å². The van der Waals surface area contributed by atoms with Crippen LogP contribution in [0.25, 0.3) is 0 Å². The van der Waals surface area contributed by atoms with Crippen LogP contribution in [0.15, 0.2) is 24.3 Å². The molecule has 2 nitrogen and oxygen atoms in total. The summed E-state index contributed by atoms with van der Waals surface area (Å²) in [6.45, 7) is 2.54. The third kappa shape index (κ3) is 3.01. The Labute approximate surface area is 100 Å². The number of nitrogens with zero attached hydrogens (tertiary/aromatic N) is 1. The molecular formula is C13H18F2N2. The largest absolute Gasteiger partial charge is 0.329 e. The second-order valence-corrected chi connectivity index (χ2v) is 4.54. The highest BCUT2D eigenvalue weighted by Crippen LogP contribution is 2.22. The summed E-state index contributed by atoms with van der Waals surface area (Å²) in [5.74, 6) is 0. The number of rotatable bonds is 4. The van der Waals surface area contributed by atoms with Crippen molar-refractivity contribution in [2.45, 2.75) is 31.9 Å². The Morgan fingerprint density at radius 2 is 2.00 bits per heavy atom. The van der Waals surface area contributed by atoms with E-state index in [1.165, 1.54) is 18.6 Å². The van der Waals surface area contributed by atoms with Crippen molar-refractivity contribution in [3.63, 3.8) is 0 Å². The number of hydrogen-bond donors (Lipinski definition) is 1. The van der Waals surface area contributed by atoms with E-state index in [1.54, 1.807) is 12.1 Å². The van der Waals surface area contributed by atoms with Crippen molar-refractivity contribution in [1.29, 1.82) is 0 Å². The van der Waals surface area contributed by atoms with E-state index < -0.39 is 6.43 Å². The molecular weight excluding hydrogens is 222 g/mol. The van der Waals surface area contributed by atoms with Gasteiger partial charge in [0.1, 0.15) is 0 Å². The molecule has 0 amide bonds. The highest BCUT2D eigenvalue weighted by atomic mass is 19.3. The third-order valence-corrected chi connectivity index (χ3v) is 3.39. The van der Waals surface area contributed by atoms with Crippen molar-refractivity contribution in [3.8, 4) is 0 Å². The Morgan fingerprint density at radius 1 is 1.29 bits per heavy atom. The smallest absolute Gasteiger partial charge is 0.263 e. The van der Waals surface area contributed by atoms with Gasteiger partial charge in [-0.1, -0.05) is 24.3 Å². The molecule has 1 saturated heterocycles. The fourth-order valence-corrected chi connectivity index (χ4v) is 2.37. The van der Waals surface area contributed by atoms with Crippen molar-refractivity contribution in [2.24, 2.45) is 5.73 Å². The first-order valence-corrected chi connectivity index (χ1v) is 6.02. The average molecular weight is 240 g/mol. The molecule has 17 heavy (non-hydrogen) atoms. The molecule has 1 unspecified atom stereocenters. The third-order valence-electron chi connectivity index (χ3n) is 3.39. The van der Waals surface area contributed by atoms with Gasteiger partial charge in [-0.05, 0) is 24.9 Å². The van der Waals surface area contributed by atoms with Crippen LogP contribution in [0.4, 0.5) is 8.78 Å². The van der Waals surface area contributed by atoms with Crippen molar-refractivity contribution in [1.82, 2.24) is 4.90 Å². The Kier molecular flexibility index (Phi) is 4.07. The van der Waals surface area contributed by atoms with Crippen molar-refractivity contribution < 1.29 is 8.78 Å². The summed E-state index contributed by atoms with van der Waals surface area (Å²) in [4.78, 5) is 2.33. The van der Waals surface area contributed by atoms with Gasteiger partial charge < -0.3 is 5.73 Å². The van der Waals surface area contributed by atoms with Gasteiger partial charge in [-0.2, -0.15) is 0 Å². The second kappa shape index (κ2) is 5.56. The van der Waals surface area contributed by atoms with Gasteiger partial charge in [0.25, 0.3) is 6.43 Å². The van der Waals surface area contributed by atoms with Crippen molar-refractivity contribution >= 4 is 0 Å². The standard InChI is InChI=1S/C13H18F2N2/c14-13(15)11-5-3-10(4-6-11)9-17-7-1-2-12(17)8-16/h3-6,12-13H,1-2,7-9,16H2. The van der Waals surface area contributed by atoms with Gasteiger partial charge in [0.05, 0.1) is 0 Å². The number of benzene rings is 1. The Bertz CT molecular complexity index is 351. The molecule has 94 valence electrons. The van der Waals surface area contributed by atoms with Gasteiger partial charge >= 0.3 is 0 Å². The van der Waals surface area contributed by atoms with Crippen LogP contribution >= 0.6 is 0 Å². The number of nitrogens with two attached hydrogens (primary N) is 1. The lowest BCUT2D eigenvalue weighted by Gasteiger charge is -2.23. The first kappa shape index (κ1) is 12.5. The normalized spacial score (nSPS) is 21.3. The number of likely N-dealkylation sites (tertiary alicyclic amines) is 1. The summed E-state index contributed by atoms with van der Waals surface area (Å²) >= 11 is 0. The zero-order valence-corrected chi connectivity index (χ0v) is 9.78. The maximum absolute atomic E-state index is 12.4. The maximum Gasteiger partial charge on any atom is 0.263 e. The molecule has 2 rings (SSSR count). The van der Waals surface area contributed by atoms with Gasteiger partial charge in [0.2, 0.25) is 0 Å². The molecule has 4 heteroatoms. The minimum atomic E-state index is -2.38. The lowest BCUT2D eigenvalue weighted by Crippen LogP contribution is -2.34. The fourth-order valence-electron chi connectivity index (χ4n) is 2.37. The fraction of sp³-hybridized carbons (Fsp3) is 0.538. The molecule has 1 aromatic rings. The summed E-state index contributed by atoms with van der Waals surface area (Å²) < 4.78 is 24.8. The van der Waals surface area contributed by atoms with Crippen LogP contribution in [0, 0.1) is 0 Å². The molecule has 0 spiro atoms. The van der Waals surface area contributed by atoms with Gasteiger partial charge in [0.15, 0.2) is 0 Å². The molecule has 1 fully saturated rings.